The summed E-state index contributed by atoms with van der Waals surface area (Å²) in [6.07, 6.45) is 0.813. The highest BCUT2D eigenvalue weighted by molar-refractivity contribution is 5.93. The maximum absolute atomic E-state index is 13.5. The van der Waals surface area contributed by atoms with Crippen LogP contribution in [0.2, 0.25) is 0 Å². The lowest BCUT2D eigenvalue weighted by molar-refractivity contribution is 0.1000. The van der Waals surface area contributed by atoms with Crippen LogP contribution >= 0.6 is 0 Å². The molecule has 88 valence electrons. The zero-order valence-corrected chi connectivity index (χ0v) is 9.16. The van der Waals surface area contributed by atoms with Crippen molar-refractivity contribution in [2.75, 3.05) is 11.9 Å². The molecule has 0 bridgehead atoms. The molecule has 0 aliphatic carbocycles. The molecule has 0 aliphatic heterocycles. The van der Waals surface area contributed by atoms with Crippen LogP contribution in [-0.4, -0.2) is 18.5 Å². The Kier molecular flexibility index (Phi) is 4.25. The van der Waals surface area contributed by atoms with E-state index < -0.39 is 11.7 Å². The van der Waals surface area contributed by atoms with E-state index in [1.54, 1.807) is 0 Å². The summed E-state index contributed by atoms with van der Waals surface area (Å²) in [6, 6.07) is 4.06. The maximum Gasteiger partial charge on any atom is 0.248 e. The lowest BCUT2D eigenvalue weighted by Crippen LogP contribution is -2.28. The van der Waals surface area contributed by atoms with E-state index in [-0.39, 0.29) is 11.6 Å². The van der Waals surface area contributed by atoms with Gasteiger partial charge in [0.15, 0.2) is 0 Å². The van der Waals surface area contributed by atoms with Crippen molar-refractivity contribution >= 4 is 11.6 Å². The molecule has 0 heterocycles. The van der Waals surface area contributed by atoms with Crippen LogP contribution in [0.25, 0.3) is 0 Å². The highest BCUT2D eigenvalue weighted by Crippen LogP contribution is 2.15. The first kappa shape index (κ1) is 12.4. The topological polar surface area (TPSA) is 81.1 Å². The normalized spacial score (nSPS) is 12.2. The third kappa shape index (κ3) is 3.20. The quantitative estimate of drug-likeness (QED) is 0.701. The van der Waals surface area contributed by atoms with E-state index >= 15 is 0 Å². The summed E-state index contributed by atoms with van der Waals surface area (Å²) >= 11 is 0. The second-order valence-electron chi connectivity index (χ2n) is 3.61. The fraction of sp³-hybridized carbons (Fsp3) is 0.364. The summed E-state index contributed by atoms with van der Waals surface area (Å²) in [5.74, 6) is -1.14. The summed E-state index contributed by atoms with van der Waals surface area (Å²) in [5.41, 5.74) is 11.2. The summed E-state index contributed by atoms with van der Waals surface area (Å²) in [7, 11) is 0. The van der Waals surface area contributed by atoms with Gasteiger partial charge >= 0.3 is 0 Å². The van der Waals surface area contributed by atoms with E-state index in [0.29, 0.717) is 12.2 Å². The minimum atomic E-state index is -0.643. The van der Waals surface area contributed by atoms with Crippen molar-refractivity contribution in [2.45, 2.75) is 19.4 Å². The van der Waals surface area contributed by atoms with Gasteiger partial charge in [0.25, 0.3) is 0 Å². The molecule has 1 aromatic carbocycles. The summed E-state index contributed by atoms with van der Waals surface area (Å²) in [6.45, 7) is 2.45. The molecule has 0 saturated carbocycles. The van der Waals surface area contributed by atoms with Crippen molar-refractivity contribution in [2.24, 2.45) is 11.5 Å². The van der Waals surface area contributed by atoms with Gasteiger partial charge in [-0.05, 0) is 24.6 Å². The number of rotatable bonds is 5. The van der Waals surface area contributed by atoms with E-state index in [0.717, 1.165) is 12.5 Å². The van der Waals surface area contributed by atoms with Crippen molar-refractivity contribution < 1.29 is 9.18 Å². The van der Waals surface area contributed by atoms with Gasteiger partial charge in [0, 0.05) is 18.2 Å². The summed E-state index contributed by atoms with van der Waals surface area (Å²) in [5, 5.41) is 2.88. The standard InChI is InChI=1S/C11H16FN3O/c1-2-8(13)6-15-10-4-3-7(11(14)16)5-9(10)12/h3-5,8,15H,2,6,13H2,1H3,(H2,14,16). The molecular formula is C11H16FN3O. The zero-order valence-electron chi connectivity index (χ0n) is 9.16. The third-order valence-corrected chi connectivity index (χ3v) is 2.33. The average molecular weight is 225 g/mol. The van der Waals surface area contributed by atoms with E-state index in [4.69, 9.17) is 11.5 Å². The molecule has 1 atom stereocenters. The Balaban J connectivity index is 2.72. The van der Waals surface area contributed by atoms with Crippen molar-refractivity contribution in [3.8, 4) is 0 Å². The second kappa shape index (κ2) is 5.46. The maximum atomic E-state index is 13.5. The molecular weight excluding hydrogens is 209 g/mol. The number of nitrogens with one attached hydrogen (secondary N) is 1. The molecule has 1 rings (SSSR count). The van der Waals surface area contributed by atoms with Crippen molar-refractivity contribution in [3.63, 3.8) is 0 Å². The summed E-state index contributed by atoms with van der Waals surface area (Å²) in [4.78, 5) is 10.8. The first-order valence-electron chi connectivity index (χ1n) is 5.13. The Bertz CT molecular complexity index is 381. The monoisotopic (exact) mass is 225 g/mol. The van der Waals surface area contributed by atoms with Gasteiger partial charge in [-0.15, -0.1) is 0 Å². The van der Waals surface area contributed by atoms with Gasteiger partial charge in [-0.2, -0.15) is 0 Å². The minimum Gasteiger partial charge on any atom is -0.381 e. The van der Waals surface area contributed by atoms with Crippen LogP contribution < -0.4 is 16.8 Å². The first-order chi connectivity index (χ1) is 7.54. The van der Waals surface area contributed by atoms with E-state index in [2.05, 4.69) is 5.32 Å². The first-order valence-corrected chi connectivity index (χ1v) is 5.13. The molecule has 16 heavy (non-hydrogen) atoms. The SMILES string of the molecule is CCC(N)CNc1ccc(C(N)=O)cc1F. The molecule has 0 aliphatic rings. The lowest BCUT2D eigenvalue weighted by Gasteiger charge is -2.12. The molecule has 4 nitrogen and oxygen atoms in total. The average Bonchev–Trinajstić information content (AvgIpc) is 2.26. The molecule has 0 fully saturated rings. The Morgan fingerprint density at radius 2 is 2.25 bits per heavy atom. The van der Waals surface area contributed by atoms with Crippen LogP contribution in [0.5, 0.6) is 0 Å². The highest BCUT2D eigenvalue weighted by atomic mass is 19.1. The third-order valence-electron chi connectivity index (χ3n) is 2.33. The van der Waals surface area contributed by atoms with E-state index in [1.165, 1.54) is 12.1 Å². The fourth-order valence-corrected chi connectivity index (χ4v) is 1.20. The molecule has 0 saturated heterocycles. The Hall–Kier alpha value is -1.62. The molecule has 1 aromatic rings. The highest BCUT2D eigenvalue weighted by Gasteiger charge is 2.07. The largest absolute Gasteiger partial charge is 0.381 e. The van der Waals surface area contributed by atoms with E-state index in [9.17, 15) is 9.18 Å². The molecule has 5 N–H and O–H groups in total. The van der Waals surface area contributed by atoms with Crippen molar-refractivity contribution in [3.05, 3.63) is 29.6 Å². The molecule has 0 aromatic heterocycles. The Morgan fingerprint density at radius 1 is 1.56 bits per heavy atom. The second-order valence-corrected chi connectivity index (χ2v) is 3.61. The van der Waals surface area contributed by atoms with Crippen LogP contribution in [0.4, 0.5) is 10.1 Å². The van der Waals surface area contributed by atoms with Crippen LogP contribution in [0.1, 0.15) is 23.7 Å². The van der Waals surface area contributed by atoms with Crippen molar-refractivity contribution in [1.82, 2.24) is 0 Å². The van der Waals surface area contributed by atoms with Crippen molar-refractivity contribution in [1.29, 1.82) is 0 Å². The molecule has 1 unspecified atom stereocenters. The Labute approximate surface area is 93.8 Å². The zero-order chi connectivity index (χ0) is 12.1. The molecule has 5 heteroatoms. The van der Waals surface area contributed by atoms with Crippen LogP contribution in [-0.2, 0) is 0 Å². The van der Waals surface area contributed by atoms with E-state index in [1.807, 2.05) is 6.92 Å². The summed E-state index contributed by atoms with van der Waals surface area (Å²) < 4.78 is 13.5. The van der Waals surface area contributed by atoms with Gasteiger partial charge in [0.2, 0.25) is 5.91 Å². The smallest absolute Gasteiger partial charge is 0.248 e. The number of nitrogens with two attached hydrogens (primary N) is 2. The van der Waals surface area contributed by atoms with Gasteiger partial charge in [-0.1, -0.05) is 6.92 Å². The van der Waals surface area contributed by atoms with Crippen LogP contribution in [0.3, 0.4) is 0 Å². The number of anilines is 1. The lowest BCUT2D eigenvalue weighted by atomic mass is 10.1. The van der Waals surface area contributed by atoms with Crippen LogP contribution in [0, 0.1) is 5.82 Å². The predicted octanol–water partition coefficient (Wildman–Crippen LogP) is 1.07. The van der Waals surface area contributed by atoms with Gasteiger partial charge in [0.1, 0.15) is 5.82 Å². The van der Waals surface area contributed by atoms with Crippen LogP contribution in [0.15, 0.2) is 18.2 Å². The van der Waals surface area contributed by atoms with Gasteiger partial charge in [-0.25, -0.2) is 4.39 Å². The number of primary amides is 1. The van der Waals surface area contributed by atoms with Gasteiger partial charge in [0.05, 0.1) is 5.69 Å². The molecule has 0 radical (unpaired) electrons. The number of hydrogen-bond donors (Lipinski definition) is 3. The molecule has 1 amide bonds. The number of hydrogen-bond acceptors (Lipinski definition) is 3. The minimum absolute atomic E-state index is 0.0183. The number of halogens is 1. The molecule has 0 spiro atoms. The number of amides is 1. The van der Waals surface area contributed by atoms with Gasteiger partial charge < -0.3 is 16.8 Å². The van der Waals surface area contributed by atoms with Gasteiger partial charge in [-0.3, -0.25) is 4.79 Å². The Morgan fingerprint density at radius 3 is 2.75 bits per heavy atom. The predicted molar refractivity (Wildman–Crippen MR) is 61.7 cm³/mol. The number of carbonyl (C=O) groups is 1. The number of carbonyl (C=O) groups excluding carboxylic acids is 1. The fourth-order valence-electron chi connectivity index (χ4n) is 1.20. The number of benzene rings is 1.